The predicted molar refractivity (Wildman–Crippen MR) is 97.2 cm³/mol. The smallest absolute Gasteiger partial charge is 0.249 e. The maximum atomic E-state index is 11.5. The van der Waals surface area contributed by atoms with E-state index in [0.717, 1.165) is 16.7 Å². The first-order valence-corrected chi connectivity index (χ1v) is 8.20. The van der Waals surface area contributed by atoms with Crippen molar-refractivity contribution >= 4 is 34.9 Å². The quantitative estimate of drug-likeness (QED) is 0.816. The van der Waals surface area contributed by atoms with Crippen LogP contribution in [-0.2, 0) is 4.79 Å². The molecule has 2 aromatic carbocycles. The van der Waals surface area contributed by atoms with Crippen molar-refractivity contribution in [1.29, 1.82) is 0 Å². The molecule has 0 unspecified atom stereocenters. The number of nitrogens with zero attached hydrogens (tertiary/aromatic N) is 2. The lowest BCUT2D eigenvalue weighted by atomic mass is 10.0. The molecular formula is C18H16Cl2N2O2. The molecule has 0 saturated heterocycles. The molecule has 0 fully saturated rings. The van der Waals surface area contributed by atoms with E-state index in [9.17, 15) is 4.79 Å². The van der Waals surface area contributed by atoms with E-state index < -0.39 is 0 Å². The maximum Gasteiger partial charge on any atom is 0.249 e. The summed E-state index contributed by atoms with van der Waals surface area (Å²) in [6.45, 7) is 2.33. The van der Waals surface area contributed by atoms with Crippen LogP contribution in [0.1, 0.15) is 5.56 Å². The van der Waals surface area contributed by atoms with Crippen LogP contribution in [0.3, 0.4) is 0 Å². The summed E-state index contributed by atoms with van der Waals surface area (Å²) >= 11 is 12.2. The van der Waals surface area contributed by atoms with Crippen molar-refractivity contribution in [3.8, 4) is 16.9 Å². The fourth-order valence-corrected chi connectivity index (χ4v) is 2.72. The minimum atomic E-state index is -0.0289. The number of hydrogen-bond donors (Lipinski definition) is 0. The van der Waals surface area contributed by atoms with Crippen LogP contribution in [0.2, 0.25) is 10.0 Å². The number of amides is 1. The van der Waals surface area contributed by atoms with Crippen molar-refractivity contribution < 1.29 is 9.53 Å². The van der Waals surface area contributed by atoms with Gasteiger partial charge in [0.25, 0.3) is 0 Å². The highest BCUT2D eigenvalue weighted by atomic mass is 35.5. The zero-order valence-corrected chi connectivity index (χ0v) is 14.9. The number of hydrogen-bond acceptors (Lipinski definition) is 3. The average Bonchev–Trinajstić information content (AvgIpc) is 2.88. The molecule has 2 aromatic rings. The molecule has 24 heavy (non-hydrogen) atoms. The lowest BCUT2D eigenvalue weighted by Gasteiger charge is -2.16. The van der Waals surface area contributed by atoms with Gasteiger partial charge in [0.05, 0.1) is 0 Å². The van der Waals surface area contributed by atoms with Crippen LogP contribution in [0.15, 0.2) is 41.4 Å². The molecule has 3 rings (SSSR count). The van der Waals surface area contributed by atoms with Gasteiger partial charge < -0.3 is 4.74 Å². The molecule has 0 saturated carbocycles. The molecule has 0 atom stereocenters. The summed E-state index contributed by atoms with van der Waals surface area (Å²) in [6, 6.07) is 11.2. The van der Waals surface area contributed by atoms with Crippen molar-refractivity contribution in [2.75, 3.05) is 20.2 Å². The first-order valence-electron chi connectivity index (χ1n) is 7.44. The van der Waals surface area contributed by atoms with Crippen LogP contribution in [-0.4, -0.2) is 36.8 Å². The molecule has 4 nitrogen and oxygen atoms in total. The molecule has 0 bridgehead atoms. The van der Waals surface area contributed by atoms with Crippen LogP contribution < -0.4 is 4.74 Å². The van der Waals surface area contributed by atoms with Crippen molar-refractivity contribution in [2.24, 2.45) is 4.99 Å². The largest absolute Gasteiger partial charge is 0.485 e. The highest BCUT2D eigenvalue weighted by molar-refractivity contribution is 6.32. The highest BCUT2D eigenvalue weighted by Gasteiger charge is 2.22. The van der Waals surface area contributed by atoms with E-state index in [0.29, 0.717) is 21.6 Å². The van der Waals surface area contributed by atoms with Gasteiger partial charge in [0, 0.05) is 22.7 Å². The number of halogens is 2. The van der Waals surface area contributed by atoms with Crippen molar-refractivity contribution in [2.45, 2.75) is 6.92 Å². The van der Waals surface area contributed by atoms with Crippen molar-refractivity contribution in [1.82, 2.24) is 4.90 Å². The number of aryl methyl sites for hydroxylation is 1. The summed E-state index contributed by atoms with van der Waals surface area (Å²) in [5.74, 6) is 1.28. The van der Waals surface area contributed by atoms with Gasteiger partial charge in [-0.2, -0.15) is 0 Å². The number of carbonyl (C=O) groups is 1. The Balaban J connectivity index is 1.90. The van der Waals surface area contributed by atoms with E-state index >= 15 is 0 Å². The average molecular weight is 363 g/mol. The highest BCUT2D eigenvalue weighted by Crippen LogP contribution is 2.35. The third-order valence-corrected chi connectivity index (χ3v) is 4.59. The van der Waals surface area contributed by atoms with E-state index in [1.54, 1.807) is 7.05 Å². The number of likely N-dealkylation sites (N-methyl/N-ethyl adjacent to an activating group) is 1. The first kappa shape index (κ1) is 16.8. The topological polar surface area (TPSA) is 41.9 Å². The number of rotatable bonds is 4. The molecule has 0 aliphatic carbocycles. The Morgan fingerprint density at radius 3 is 2.54 bits per heavy atom. The first-order chi connectivity index (χ1) is 11.5. The van der Waals surface area contributed by atoms with E-state index in [2.05, 4.69) is 4.99 Å². The molecule has 1 aliphatic rings. The Kier molecular flexibility index (Phi) is 4.78. The zero-order chi connectivity index (χ0) is 17.3. The molecular weight excluding hydrogens is 347 g/mol. The summed E-state index contributed by atoms with van der Waals surface area (Å²) in [5, 5.41) is 1.33. The van der Waals surface area contributed by atoms with Gasteiger partial charge >= 0.3 is 0 Å². The molecule has 1 amide bonds. The van der Waals surface area contributed by atoms with Gasteiger partial charge in [0.15, 0.2) is 0 Å². The predicted octanol–water partition coefficient (Wildman–Crippen LogP) is 4.22. The Bertz CT molecular complexity index is 817. The van der Waals surface area contributed by atoms with Gasteiger partial charge in [-0.1, -0.05) is 35.3 Å². The third kappa shape index (κ3) is 3.40. The number of benzene rings is 2. The van der Waals surface area contributed by atoms with Gasteiger partial charge in [-0.15, -0.1) is 0 Å². The number of amidine groups is 1. The van der Waals surface area contributed by atoms with Gasteiger partial charge in [-0.05, 0) is 42.3 Å². The van der Waals surface area contributed by atoms with Gasteiger partial charge in [0.2, 0.25) is 5.91 Å². The number of carbonyl (C=O) groups excluding carboxylic acids is 1. The van der Waals surface area contributed by atoms with Crippen LogP contribution in [0.25, 0.3) is 11.1 Å². The molecule has 0 N–H and O–H groups in total. The van der Waals surface area contributed by atoms with Crippen LogP contribution >= 0.6 is 23.2 Å². The van der Waals surface area contributed by atoms with E-state index in [1.807, 2.05) is 43.3 Å². The van der Waals surface area contributed by atoms with Crippen LogP contribution in [0.4, 0.5) is 0 Å². The second-order valence-electron chi connectivity index (χ2n) is 5.58. The summed E-state index contributed by atoms with van der Waals surface area (Å²) in [5.41, 5.74) is 2.74. The van der Waals surface area contributed by atoms with Crippen LogP contribution in [0.5, 0.6) is 5.75 Å². The molecule has 0 radical (unpaired) electrons. The Morgan fingerprint density at radius 2 is 1.92 bits per heavy atom. The minimum absolute atomic E-state index is 0.0289. The second-order valence-corrected chi connectivity index (χ2v) is 6.42. The minimum Gasteiger partial charge on any atom is -0.485 e. The van der Waals surface area contributed by atoms with Gasteiger partial charge in [0.1, 0.15) is 24.7 Å². The molecule has 6 heteroatoms. The summed E-state index contributed by atoms with van der Waals surface area (Å²) < 4.78 is 5.94. The van der Waals surface area contributed by atoms with Gasteiger partial charge in [-0.3, -0.25) is 14.7 Å². The fourth-order valence-electron chi connectivity index (χ4n) is 2.43. The lowest BCUT2D eigenvalue weighted by Crippen LogP contribution is -2.31. The van der Waals surface area contributed by atoms with Gasteiger partial charge in [-0.25, -0.2) is 0 Å². The van der Waals surface area contributed by atoms with E-state index in [1.165, 1.54) is 4.90 Å². The summed E-state index contributed by atoms with van der Waals surface area (Å²) in [6.07, 6.45) is 0. The molecule has 124 valence electrons. The SMILES string of the molecule is Cc1cc(OCC2=NCC(=O)N2C)c(-c2ccc(Cl)cc2)cc1Cl. The summed E-state index contributed by atoms with van der Waals surface area (Å²) in [4.78, 5) is 17.3. The second kappa shape index (κ2) is 6.83. The zero-order valence-electron chi connectivity index (χ0n) is 13.3. The summed E-state index contributed by atoms with van der Waals surface area (Å²) in [7, 11) is 1.70. The monoisotopic (exact) mass is 362 g/mol. The fraction of sp³-hybridized carbons (Fsp3) is 0.222. The molecule has 0 spiro atoms. The van der Waals surface area contributed by atoms with Crippen LogP contribution in [0, 0.1) is 6.92 Å². The molecule has 1 aliphatic heterocycles. The maximum absolute atomic E-state index is 11.5. The van der Waals surface area contributed by atoms with Crippen molar-refractivity contribution in [3.05, 3.63) is 52.0 Å². The Hall–Kier alpha value is -2.04. The Morgan fingerprint density at radius 1 is 1.21 bits per heavy atom. The lowest BCUT2D eigenvalue weighted by molar-refractivity contribution is -0.124. The Labute approximate surface area is 150 Å². The molecule has 0 aromatic heterocycles. The molecule has 1 heterocycles. The third-order valence-electron chi connectivity index (χ3n) is 3.93. The van der Waals surface area contributed by atoms with E-state index in [-0.39, 0.29) is 19.1 Å². The van der Waals surface area contributed by atoms with E-state index in [4.69, 9.17) is 27.9 Å². The standard InChI is InChI=1S/C18H16Cl2N2O2/c1-11-7-16(24-10-17-21-9-18(23)22(17)2)14(8-15(11)20)12-3-5-13(19)6-4-12/h3-8H,9-10H2,1-2H3. The number of aliphatic imine (C=N–C) groups is 1. The van der Waals surface area contributed by atoms with Crippen molar-refractivity contribution in [3.63, 3.8) is 0 Å². The normalized spacial score (nSPS) is 14.1. The number of ether oxygens (including phenoxy) is 1.